The molecular formula is C22H17N. The smallest absolute Gasteiger partial charge is 0.0340 e. The number of hydrogen-bond donors (Lipinski definition) is 0. The van der Waals surface area contributed by atoms with Gasteiger partial charge in [-0.05, 0) is 51.2 Å². The van der Waals surface area contributed by atoms with Crippen LogP contribution in [0.1, 0.15) is 11.1 Å². The zero-order valence-electron chi connectivity index (χ0n) is 12.8. The van der Waals surface area contributed by atoms with E-state index in [2.05, 4.69) is 77.8 Å². The number of benzene rings is 3. The summed E-state index contributed by atoms with van der Waals surface area (Å²) in [4.78, 5) is 4.16. The van der Waals surface area contributed by atoms with E-state index in [-0.39, 0.29) is 0 Å². The summed E-state index contributed by atoms with van der Waals surface area (Å²) in [6.07, 6.45) is 8.97. The molecule has 0 amide bonds. The second-order valence-electron chi connectivity index (χ2n) is 5.69. The predicted molar refractivity (Wildman–Crippen MR) is 98.4 cm³/mol. The summed E-state index contributed by atoms with van der Waals surface area (Å²) < 4.78 is 0. The molecule has 0 aliphatic heterocycles. The van der Waals surface area contributed by atoms with Gasteiger partial charge in [-0.25, -0.2) is 0 Å². The number of nitrogens with zero attached hydrogens (tertiary/aromatic N) is 1. The van der Waals surface area contributed by atoms with Gasteiger partial charge in [-0.3, -0.25) is 4.98 Å². The molecule has 4 aromatic rings. The Labute approximate surface area is 135 Å². The maximum atomic E-state index is 4.16. The summed E-state index contributed by atoms with van der Waals surface area (Å²) >= 11 is 0. The predicted octanol–water partition coefficient (Wildman–Crippen LogP) is 5.64. The SMILES string of the molecule is C(=C\c1cccnc1)/Cc1c2ccccc2cc2ccccc12. The summed E-state index contributed by atoms with van der Waals surface area (Å²) in [6, 6.07) is 23.6. The Morgan fingerprint density at radius 3 is 2.13 bits per heavy atom. The van der Waals surface area contributed by atoms with Gasteiger partial charge in [0, 0.05) is 12.4 Å². The van der Waals surface area contributed by atoms with Crippen molar-refractivity contribution in [3.63, 3.8) is 0 Å². The maximum Gasteiger partial charge on any atom is 0.0340 e. The highest BCUT2D eigenvalue weighted by molar-refractivity contribution is 6.02. The molecule has 0 N–H and O–H groups in total. The van der Waals surface area contributed by atoms with Crippen LogP contribution in [0.5, 0.6) is 0 Å². The summed E-state index contributed by atoms with van der Waals surface area (Å²) in [7, 11) is 0. The molecule has 0 unspecified atom stereocenters. The van der Waals surface area contributed by atoms with E-state index in [4.69, 9.17) is 0 Å². The van der Waals surface area contributed by atoms with Crippen LogP contribution in [0.2, 0.25) is 0 Å². The minimum Gasteiger partial charge on any atom is -0.264 e. The van der Waals surface area contributed by atoms with Gasteiger partial charge in [0.25, 0.3) is 0 Å². The van der Waals surface area contributed by atoms with Gasteiger partial charge >= 0.3 is 0 Å². The number of hydrogen-bond acceptors (Lipinski definition) is 1. The van der Waals surface area contributed by atoms with Gasteiger partial charge in [0.2, 0.25) is 0 Å². The van der Waals surface area contributed by atoms with Gasteiger partial charge < -0.3 is 0 Å². The average Bonchev–Trinajstić information content (AvgIpc) is 2.62. The lowest BCUT2D eigenvalue weighted by Gasteiger charge is -2.10. The average molecular weight is 295 g/mol. The first-order valence-electron chi connectivity index (χ1n) is 7.88. The summed E-state index contributed by atoms with van der Waals surface area (Å²) in [5, 5.41) is 5.27. The van der Waals surface area contributed by atoms with Crippen molar-refractivity contribution < 1.29 is 0 Å². The molecule has 110 valence electrons. The van der Waals surface area contributed by atoms with Crippen molar-refractivity contribution in [1.82, 2.24) is 4.98 Å². The standard InChI is InChI=1S/C22H17N/c1-3-11-20-18(9-1)15-19-10-2-4-12-21(19)22(20)13-5-7-17-8-6-14-23-16-17/h1-12,14-16H,13H2/b7-5+. The molecule has 0 spiro atoms. The van der Waals surface area contributed by atoms with Crippen LogP contribution in [0.25, 0.3) is 27.6 Å². The van der Waals surface area contributed by atoms with Crippen LogP contribution in [-0.2, 0) is 6.42 Å². The first-order valence-corrected chi connectivity index (χ1v) is 7.88. The lowest BCUT2D eigenvalue weighted by Crippen LogP contribution is -1.88. The fourth-order valence-electron chi connectivity index (χ4n) is 3.12. The van der Waals surface area contributed by atoms with E-state index in [0.29, 0.717) is 0 Å². The van der Waals surface area contributed by atoms with E-state index in [1.807, 2.05) is 12.3 Å². The van der Waals surface area contributed by atoms with Crippen molar-refractivity contribution in [2.45, 2.75) is 6.42 Å². The lowest BCUT2D eigenvalue weighted by atomic mass is 9.94. The van der Waals surface area contributed by atoms with Crippen LogP contribution in [0.3, 0.4) is 0 Å². The van der Waals surface area contributed by atoms with Crippen molar-refractivity contribution in [2.75, 3.05) is 0 Å². The molecule has 0 saturated carbocycles. The Morgan fingerprint density at radius 1 is 0.783 bits per heavy atom. The molecule has 1 aromatic heterocycles. The van der Waals surface area contributed by atoms with Gasteiger partial charge in [-0.1, -0.05) is 66.7 Å². The van der Waals surface area contributed by atoms with E-state index < -0.39 is 0 Å². The fraction of sp³-hybridized carbons (Fsp3) is 0.0455. The van der Waals surface area contributed by atoms with Crippen LogP contribution in [0.4, 0.5) is 0 Å². The third kappa shape index (κ3) is 2.74. The first kappa shape index (κ1) is 13.7. The molecule has 0 aliphatic rings. The molecule has 0 aliphatic carbocycles. The maximum absolute atomic E-state index is 4.16. The Balaban J connectivity index is 1.81. The summed E-state index contributed by atoms with van der Waals surface area (Å²) in [5.41, 5.74) is 2.52. The molecule has 1 heteroatoms. The molecule has 0 fully saturated rings. The number of fused-ring (bicyclic) bond motifs is 2. The molecule has 0 bridgehead atoms. The monoisotopic (exact) mass is 295 g/mol. The second-order valence-corrected chi connectivity index (χ2v) is 5.69. The Kier molecular flexibility index (Phi) is 3.61. The second kappa shape index (κ2) is 6.05. The minimum atomic E-state index is 0.913. The normalized spacial score (nSPS) is 11.5. The van der Waals surface area contributed by atoms with Crippen LogP contribution in [0.15, 0.2) is 85.2 Å². The van der Waals surface area contributed by atoms with Gasteiger partial charge in [0.15, 0.2) is 0 Å². The zero-order valence-corrected chi connectivity index (χ0v) is 12.8. The highest BCUT2D eigenvalue weighted by Gasteiger charge is 2.05. The third-order valence-corrected chi connectivity index (χ3v) is 4.20. The molecule has 23 heavy (non-hydrogen) atoms. The molecule has 4 rings (SSSR count). The number of pyridine rings is 1. The topological polar surface area (TPSA) is 12.9 Å². The molecule has 3 aromatic carbocycles. The van der Waals surface area contributed by atoms with Gasteiger partial charge in [-0.2, -0.15) is 0 Å². The quantitative estimate of drug-likeness (QED) is 0.445. The van der Waals surface area contributed by atoms with Crippen LogP contribution < -0.4 is 0 Å². The first-order chi connectivity index (χ1) is 11.4. The number of rotatable bonds is 3. The highest BCUT2D eigenvalue weighted by atomic mass is 14.6. The number of allylic oxidation sites excluding steroid dienone is 1. The largest absolute Gasteiger partial charge is 0.264 e. The van der Waals surface area contributed by atoms with E-state index in [0.717, 1.165) is 12.0 Å². The van der Waals surface area contributed by atoms with Crippen LogP contribution in [-0.4, -0.2) is 4.98 Å². The zero-order chi connectivity index (χ0) is 15.5. The van der Waals surface area contributed by atoms with Crippen LogP contribution in [0, 0.1) is 0 Å². The van der Waals surface area contributed by atoms with Gasteiger partial charge in [-0.15, -0.1) is 0 Å². The van der Waals surface area contributed by atoms with Crippen molar-refractivity contribution in [2.24, 2.45) is 0 Å². The van der Waals surface area contributed by atoms with E-state index in [1.165, 1.54) is 27.1 Å². The molecule has 0 saturated heterocycles. The fourth-order valence-corrected chi connectivity index (χ4v) is 3.12. The third-order valence-electron chi connectivity index (χ3n) is 4.20. The molecule has 0 radical (unpaired) electrons. The summed E-state index contributed by atoms with van der Waals surface area (Å²) in [6.45, 7) is 0. The number of aromatic nitrogens is 1. The molecule has 1 heterocycles. The molecule has 0 atom stereocenters. The Morgan fingerprint density at radius 2 is 1.48 bits per heavy atom. The van der Waals surface area contributed by atoms with E-state index in [9.17, 15) is 0 Å². The van der Waals surface area contributed by atoms with Crippen LogP contribution >= 0.6 is 0 Å². The lowest BCUT2D eigenvalue weighted by molar-refractivity contribution is 1.30. The minimum absolute atomic E-state index is 0.913. The Hall–Kier alpha value is -2.93. The van der Waals surface area contributed by atoms with Crippen molar-refractivity contribution in [3.05, 3.63) is 96.3 Å². The highest BCUT2D eigenvalue weighted by Crippen LogP contribution is 2.29. The Bertz CT molecular complexity index is 930. The van der Waals surface area contributed by atoms with E-state index >= 15 is 0 Å². The molecular weight excluding hydrogens is 278 g/mol. The van der Waals surface area contributed by atoms with Gasteiger partial charge in [0.05, 0.1) is 0 Å². The van der Waals surface area contributed by atoms with E-state index in [1.54, 1.807) is 6.20 Å². The van der Waals surface area contributed by atoms with Gasteiger partial charge in [0.1, 0.15) is 0 Å². The van der Waals surface area contributed by atoms with Crippen molar-refractivity contribution in [3.8, 4) is 0 Å². The molecule has 1 nitrogen and oxygen atoms in total. The summed E-state index contributed by atoms with van der Waals surface area (Å²) in [5.74, 6) is 0. The van der Waals surface area contributed by atoms with Crippen molar-refractivity contribution >= 4 is 27.6 Å². The van der Waals surface area contributed by atoms with Crippen molar-refractivity contribution in [1.29, 1.82) is 0 Å².